The van der Waals surface area contributed by atoms with Crippen LogP contribution in [0.5, 0.6) is 0 Å². The van der Waals surface area contributed by atoms with Crippen molar-refractivity contribution >= 4 is 27.1 Å². The molecule has 1 saturated heterocycles. The van der Waals surface area contributed by atoms with Crippen LogP contribution in [0.25, 0.3) is 0 Å². The number of amides is 1. The first kappa shape index (κ1) is 15.8. The molecule has 0 aliphatic carbocycles. The van der Waals surface area contributed by atoms with Crippen molar-refractivity contribution in [2.45, 2.75) is 31.6 Å². The molecule has 0 radical (unpaired) electrons. The van der Waals surface area contributed by atoms with Gasteiger partial charge in [0.05, 0.1) is 22.7 Å². The predicted molar refractivity (Wildman–Crippen MR) is 81.8 cm³/mol. The molecule has 1 amide bonds. The summed E-state index contributed by atoms with van der Waals surface area (Å²) in [5, 5.41) is 1.98. The summed E-state index contributed by atoms with van der Waals surface area (Å²) in [5.74, 6) is -1.13. The zero-order valence-corrected chi connectivity index (χ0v) is 12.9. The van der Waals surface area contributed by atoms with Crippen molar-refractivity contribution in [2.75, 3.05) is 23.4 Å². The van der Waals surface area contributed by atoms with Gasteiger partial charge < -0.3 is 15.8 Å². The lowest BCUT2D eigenvalue weighted by atomic mass is 10.1. The van der Waals surface area contributed by atoms with Crippen molar-refractivity contribution in [3.8, 4) is 0 Å². The maximum atomic E-state index is 12.2. The molecule has 7 heteroatoms. The van der Waals surface area contributed by atoms with Crippen LogP contribution in [-0.2, 0) is 19.4 Å². The van der Waals surface area contributed by atoms with E-state index in [-0.39, 0.29) is 6.10 Å². The summed E-state index contributed by atoms with van der Waals surface area (Å²) in [6.07, 6.45) is 0.0647. The number of hydrogen-bond acceptors (Lipinski definition) is 5. The van der Waals surface area contributed by atoms with Gasteiger partial charge in [0.1, 0.15) is 5.75 Å². The van der Waals surface area contributed by atoms with E-state index in [2.05, 4.69) is 5.32 Å². The Morgan fingerprint density at radius 3 is 2.76 bits per heavy atom. The van der Waals surface area contributed by atoms with Gasteiger partial charge in [-0.1, -0.05) is 12.1 Å². The second kappa shape index (κ2) is 6.03. The largest absolute Gasteiger partial charge is 0.397 e. The number of anilines is 2. The number of sulfone groups is 1. The molecule has 2 atom stereocenters. The lowest BCUT2D eigenvalue weighted by Gasteiger charge is -2.16. The van der Waals surface area contributed by atoms with Crippen LogP contribution < -0.4 is 11.1 Å². The molecule has 0 bridgehead atoms. The summed E-state index contributed by atoms with van der Waals surface area (Å²) in [6, 6.07) is 5.23. The Bertz CT molecular complexity index is 622. The molecule has 0 spiro atoms. The number of benzene rings is 1. The molecule has 21 heavy (non-hydrogen) atoms. The van der Waals surface area contributed by atoms with E-state index >= 15 is 0 Å². The summed E-state index contributed by atoms with van der Waals surface area (Å²) in [7, 11) is -3.53. The lowest BCUT2D eigenvalue weighted by Crippen LogP contribution is -2.35. The molecule has 3 N–H and O–H groups in total. The number of nitrogen functional groups attached to an aromatic ring is 1. The highest BCUT2D eigenvalue weighted by molar-refractivity contribution is 7.92. The van der Waals surface area contributed by atoms with Gasteiger partial charge in [-0.3, -0.25) is 4.79 Å². The molecule has 2 unspecified atom stereocenters. The summed E-state index contributed by atoms with van der Waals surface area (Å²) in [4.78, 5) is 12.0. The molecule has 0 aromatic heterocycles. The van der Waals surface area contributed by atoms with E-state index < -0.39 is 26.7 Å². The van der Waals surface area contributed by atoms with E-state index in [1.807, 2.05) is 0 Å². The van der Waals surface area contributed by atoms with Crippen LogP contribution in [-0.4, -0.2) is 38.0 Å². The Balaban J connectivity index is 2.08. The first-order chi connectivity index (χ1) is 9.81. The fourth-order valence-electron chi connectivity index (χ4n) is 2.51. The average molecular weight is 312 g/mol. The highest BCUT2D eigenvalue weighted by atomic mass is 32.2. The smallest absolute Gasteiger partial charge is 0.239 e. The number of para-hydroxylation sites is 1. The molecule has 1 heterocycles. The number of hydrogen-bond donors (Lipinski definition) is 2. The minimum Gasteiger partial charge on any atom is -0.397 e. The first-order valence-electron chi connectivity index (χ1n) is 6.79. The van der Waals surface area contributed by atoms with Crippen LogP contribution in [0.4, 0.5) is 11.4 Å². The number of ether oxygens (including phenoxy) is 1. The van der Waals surface area contributed by atoms with Gasteiger partial charge in [0.25, 0.3) is 0 Å². The topological polar surface area (TPSA) is 98.5 Å². The zero-order valence-electron chi connectivity index (χ0n) is 12.1. The minimum atomic E-state index is -3.53. The Labute approximate surface area is 124 Å². The van der Waals surface area contributed by atoms with E-state index in [4.69, 9.17) is 10.5 Å². The molecule has 6 nitrogen and oxygen atoms in total. The molecule has 116 valence electrons. The van der Waals surface area contributed by atoms with Gasteiger partial charge >= 0.3 is 0 Å². The van der Waals surface area contributed by atoms with Crippen LogP contribution in [0, 0.1) is 6.92 Å². The van der Waals surface area contributed by atoms with E-state index in [1.54, 1.807) is 32.0 Å². The van der Waals surface area contributed by atoms with Gasteiger partial charge in [-0.25, -0.2) is 8.42 Å². The highest BCUT2D eigenvalue weighted by Gasteiger charge is 2.37. The number of rotatable bonds is 4. The number of carbonyl (C=O) groups is 1. The number of carbonyl (C=O) groups excluding carboxylic acids is 1. The third-order valence-corrected chi connectivity index (χ3v) is 5.88. The first-order valence-corrected chi connectivity index (χ1v) is 8.51. The fourth-order valence-corrected chi connectivity index (χ4v) is 4.28. The molecule has 1 fully saturated rings. The molecule has 0 saturated carbocycles. The van der Waals surface area contributed by atoms with E-state index in [0.29, 0.717) is 24.4 Å². The van der Waals surface area contributed by atoms with Gasteiger partial charge in [0.2, 0.25) is 5.91 Å². The molecule has 1 aromatic carbocycles. The molecular weight excluding hydrogens is 292 g/mol. The van der Waals surface area contributed by atoms with Crippen LogP contribution in [0.3, 0.4) is 0 Å². The second-order valence-electron chi connectivity index (χ2n) is 5.30. The average Bonchev–Trinajstić information content (AvgIpc) is 2.80. The fraction of sp³-hybridized carbons (Fsp3) is 0.500. The summed E-state index contributed by atoms with van der Waals surface area (Å²) in [5.41, 5.74) is 7.46. The summed E-state index contributed by atoms with van der Waals surface area (Å²) in [6.45, 7) is 3.93. The van der Waals surface area contributed by atoms with Crippen LogP contribution in [0.15, 0.2) is 18.2 Å². The molecular formula is C14H20N2O4S. The number of nitrogens with two attached hydrogens (primary N) is 1. The lowest BCUT2D eigenvalue weighted by molar-refractivity contribution is -0.113. The van der Waals surface area contributed by atoms with Gasteiger partial charge in [0.15, 0.2) is 9.84 Å². The van der Waals surface area contributed by atoms with Gasteiger partial charge in [-0.15, -0.1) is 0 Å². The normalized spacial score (nSPS) is 22.2. The predicted octanol–water partition coefficient (Wildman–Crippen LogP) is 1.11. The molecule has 2 rings (SSSR count). The maximum Gasteiger partial charge on any atom is 0.239 e. The molecule has 1 aliphatic heterocycles. The quantitative estimate of drug-likeness (QED) is 0.811. The van der Waals surface area contributed by atoms with Crippen molar-refractivity contribution < 1.29 is 17.9 Å². The van der Waals surface area contributed by atoms with E-state index in [9.17, 15) is 13.2 Å². The highest BCUT2D eigenvalue weighted by Crippen LogP contribution is 2.24. The second-order valence-corrected chi connectivity index (χ2v) is 7.52. The van der Waals surface area contributed by atoms with Crippen molar-refractivity contribution in [1.82, 2.24) is 0 Å². The maximum absolute atomic E-state index is 12.2. The van der Waals surface area contributed by atoms with Gasteiger partial charge in [-0.2, -0.15) is 0 Å². The third kappa shape index (κ3) is 3.54. The zero-order chi connectivity index (χ0) is 15.6. The molecule has 1 aliphatic rings. The SMILES string of the molecule is Cc1cccc(N)c1NC(=O)CS(=O)(=O)C1CCOC1C. The number of aryl methyl sites for hydroxylation is 1. The number of nitrogens with one attached hydrogen (secondary N) is 1. The van der Waals surface area contributed by atoms with Crippen LogP contribution >= 0.6 is 0 Å². The van der Waals surface area contributed by atoms with E-state index in [1.165, 1.54) is 0 Å². The molecule has 1 aromatic rings. The van der Waals surface area contributed by atoms with Crippen molar-refractivity contribution in [2.24, 2.45) is 0 Å². The Kier molecular flexibility index (Phi) is 4.53. The van der Waals surface area contributed by atoms with Crippen molar-refractivity contribution in [1.29, 1.82) is 0 Å². The Hall–Kier alpha value is -1.60. The minimum absolute atomic E-state index is 0.369. The van der Waals surface area contributed by atoms with Crippen molar-refractivity contribution in [3.05, 3.63) is 23.8 Å². The summed E-state index contributed by atoms with van der Waals surface area (Å²) < 4.78 is 29.7. The Morgan fingerprint density at radius 1 is 1.48 bits per heavy atom. The third-order valence-electron chi connectivity index (χ3n) is 3.67. The summed E-state index contributed by atoms with van der Waals surface area (Å²) >= 11 is 0. The van der Waals surface area contributed by atoms with Crippen LogP contribution in [0.2, 0.25) is 0 Å². The van der Waals surface area contributed by atoms with Crippen LogP contribution in [0.1, 0.15) is 18.9 Å². The van der Waals surface area contributed by atoms with Gasteiger partial charge in [0, 0.05) is 6.61 Å². The van der Waals surface area contributed by atoms with Crippen molar-refractivity contribution in [3.63, 3.8) is 0 Å². The van der Waals surface area contributed by atoms with Gasteiger partial charge in [-0.05, 0) is 31.9 Å². The Morgan fingerprint density at radius 2 is 2.19 bits per heavy atom. The van der Waals surface area contributed by atoms with E-state index in [0.717, 1.165) is 5.56 Å². The monoisotopic (exact) mass is 312 g/mol. The standard InChI is InChI=1S/C14H20N2O4S/c1-9-4-3-5-11(15)14(9)16-13(17)8-21(18,19)12-6-7-20-10(12)2/h3-5,10,12H,6-8,15H2,1-2H3,(H,16,17).